The second kappa shape index (κ2) is 10.1. The third-order valence-electron chi connectivity index (χ3n) is 7.42. The number of benzene rings is 2. The number of rotatable bonds is 5. The highest BCUT2D eigenvalue weighted by Gasteiger charge is 2.25. The summed E-state index contributed by atoms with van der Waals surface area (Å²) in [6.07, 6.45) is 7.57. The Kier molecular flexibility index (Phi) is 6.33. The number of carbonyl (C=O) groups is 1. The number of hydrogen-bond acceptors (Lipinski definition) is 5. The summed E-state index contributed by atoms with van der Waals surface area (Å²) >= 11 is 0. The van der Waals surface area contributed by atoms with Crippen LogP contribution in [-0.2, 0) is 0 Å². The van der Waals surface area contributed by atoms with Crippen LogP contribution in [0.3, 0.4) is 0 Å². The molecular weight excluding hydrogens is 462 g/mol. The van der Waals surface area contributed by atoms with Crippen molar-refractivity contribution in [3.05, 3.63) is 72.1 Å². The van der Waals surface area contributed by atoms with Gasteiger partial charge in [-0.15, -0.1) is 0 Å². The molecule has 4 aromatic rings. The molecule has 186 valence electrons. The van der Waals surface area contributed by atoms with E-state index in [1.54, 1.807) is 6.07 Å². The number of hydrogen-bond donors (Lipinski definition) is 1. The second-order valence-corrected chi connectivity index (χ2v) is 9.77. The zero-order valence-electron chi connectivity index (χ0n) is 20.7. The van der Waals surface area contributed by atoms with E-state index < -0.39 is 0 Å². The van der Waals surface area contributed by atoms with Gasteiger partial charge in [0.2, 0.25) is 0 Å². The van der Waals surface area contributed by atoms with Gasteiger partial charge in [-0.2, -0.15) is 5.26 Å². The molecule has 1 N–H and O–H groups in total. The van der Waals surface area contributed by atoms with E-state index in [0.29, 0.717) is 30.0 Å². The van der Waals surface area contributed by atoms with Crippen LogP contribution in [0.15, 0.2) is 60.9 Å². The highest BCUT2D eigenvalue weighted by atomic mass is 16.5. The van der Waals surface area contributed by atoms with E-state index in [1.165, 1.54) is 19.3 Å². The van der Waals surface area contributed by atoms with E-state index in [9.17, 15) is 10.1 Å². The maximum absolute atomic E-state index is 13.3. The Morgan fingerprint density at radius 3 is 2.70 bits per heavy atom. The average molecular weight is 492 g/mol. The first-order chi connectivity index (χ1) is 18.2. The molecule has 2 aliphatic heterocycles. The van der Waals surface area contributed by atoms with E-state index in [-0.39, 0.29) is 5.91 Å². The number of piperidine rings is 1. The number of aromatic amines is 1. The van der Waals surface area contributed by atoms with E-state index >= 15 is 0 Å². The number of nitriles is 1. The molecule has 1 fully saturated rings. The summed E-state index contributed by atoms with van der Waals surface area (Å²) in [4.78, 5) is 25.6. The third-order valence-corrected chi connectivity index (χ3v) is 7.42. The molecule has 0 spiro atoms. The molecule has 1 saturated heterocycles. The molecule has 0 aliphatic carbocycles. The molecule has 0 bridgehead atoms. The Balaban J connectivity index is 1.27. The van der Waals surface area contributed by atoms with Crippen LogP contribution in [0.2, 0.25) is 0 Å². The predicted octanol–water partition coefficient (Wildman–Crippen LogP) is 5.09. The highest BCUT2D eigenvalue weighted by Crippen LogP contribution is 2.34. The van der Waals surface area contributed by atoms with Gasteiger partial charge in [-0.1, -0.05) is 24.6 Å². The first kappa shape index (κ1) is 23.3. The molecule has 0 radical (unpaired) electrons. The van der Waals surface area contributed by atoms with Crippen molar-refractivity contribution in [2.24, 2.45) is 0 Å². The van der Waals surface area contributed by atoms with E-state index in [0.717, 1.165) is 59.5 Å². The summed E-state index contributed by atoms with van der Waals surface area (Å²) in [5.74, 6) is 0.661. The number of H-pyrrole nitrogens is 1. The fourth-order valence-electron chi connectivity index (χ4n) is 5.35. The maximum Gasteiger partial charge on any atom is 0.257 e. The molecule has 7 heteroatoms. The number of likely N-dealkylation sites (tertiary alicyclic amines) is 1. The fraction of sp³-hybridized carbons (Fsp3) is 0.300. The fourth-order valence-corrected chi connectivity index (χ4v) is 5.35. The van der Waals surface area contributed by atoms with Crippen LogP contribution in [0.25, 0.3) is 33.3 Å². The van der Waals surface area contributed by atoms with Crippen molar-refractivity contribution in [3.63, 3.8) is 0 Å². The summed E-state index contributed by atoms with van der Waals surface area (Å²) in [5, 5.41) is 10.3. The minimum absolute atomic E-state index is 0.0370. The molecule has 0 atom stereocenters. The zero-order valence-corrected chi connectivity index (χ0v) is 20.7. The average Bonchev–Trinajstić information content (AvgIpc) is 3.31. The largest absolute Gasteiger partial charge is 0.491 e. The van der Waals surface area contributed by atoms with Crippen LogP contribution in [0.5, 0.6) is 5.75 Å². The molecule has 4 heterocycles. The number of nitrogens with one attached hydrogen (secondary N) is 1. The van der Waals surface area contributed by atoms with Crippen LogP contribution >= 0.6 is 0 Å². The minimum atomic E-state index is 0.0370. The van der Waals surface area contributed by atoms with E-state index in [1.807, 2.05) is 53.7 Å². The quantitative estimate of drug-likeness (QED) is 0.420. The standard InChI is InChI=1S/C30H29N5O2/c31-18-21-5-4-6-23(15-21)27-20-33-29-26(27)16-24(19-32-29)22-7-8-25-28(17-22)37-14-13-35(30(25)36)12-11-34-9-2-1-3-10-34/h4-8,15-17,19-20H,1-3,9-14H2,(H,32,33). The zero-order chi connectivity index (χ0) is 25.2. The molecule has 2 aliphatic rings. The van der Waals surface area contributed by atoms with Crippen LogP contribution in [0, 0.1) is 11.3 Å². The van der Waals surface area contributed by atoms with Gasteiger partial charge in [0.05, 0.1) is 23.7 Å². The molecule has 2 aromatic carbocycles. The van der Waals surface area contributed by atoms with Gasteiger partial charge >= 0.3 is 0 Å². The van der Waals surface area contributed by atoms with E-state index in [2.05, 4.69) is 27.0 Å². The molecular formula is C30H29N5O2. The minimum Gasteiger partial charge on any atom is -0.491 e. The molecule has 7 nitrogen and oxygen atoms in total. The number of ether oxygens (including phenoxy) is 1. The van der Waals surface area contributed by atoms with Crippen molar-refractivity contribution in [3.8, 4) is 34.1 Å². The molecule has 2 aromatic heterocycles. The van der Waals surface area contributed by atoms with Gasteiger partial charge in [0, 0.05) is 42.0 Å². The third kappa shape index (κ3) is 4.68. The smallest absolute Gasteiger partial charge is 0.257 e. The lowest BCUT2D eigenvalue weighted by Gasteiger charge is -2.29. The summed E-state index contributed by atoms with van der Waals surface area (Å²) in [7, 11) is 0. The Hall–Kier alpha value is -4.15. The van der Waals surface area contributed by atoms with Gasteiger partial charge in [-0.25, -0.2) is 4.98 Å². The first-order valence-corrected chi connectivity index (χ1v) is 13.0. The van der Waals surface area contributed by atoms with Crippen LogP contribution in [0.4, 0.5) is 0 Å². The number of fused-ring (bicyclic) bond motifs is 2. The lowest BCUT2D eigenvalue weighted by atomic mass is 10.00. The SMILES string of the molecule is N#Cc1cccc(-c2c[nH]c3ncc(-c4ccc5c(c4)OCCN(CCN4CCCCC4)C5=O)cc23)c1. The molecule has 0 unspecified atom stereocenters. The van der Waals surface area contributed by atoms with Gasteiger partial charge in [-0.3, -0.25) is 4.79 Å². The van der Waals surface area contributed by atoms with Crippen molar-refractivity contribution in [1.82, 2.24) is 19.8 Å². The maximum atomic E-state index is 13.3. The van der Waals surface area contributed by atoms with Gasteiger partial charge in [0.1, 0.15) is 18.0 Å². The number of nitrogens with zero attached hydrogens (tertiary/aromatic N) is 4. The predicted molar refractivity (Wildman–Crippen MR) is 143 cm³/mol. The summed E-state index contributed by atoms with van der Waals surface area (Å²) in [6, 6.07) is 17.7. The monoisotopic (exact) mass is 491 g/mol. The summed E-state index contributed by atoms with van der Waals surface area (Å²) < 4.78 is 6.06. The summed E-state index contributed by atoms with van der Waals surface area (Å²) in [5.41, 5.74) is 5.86. The lowest BCUT2D eigenvalue weighted by Crippen LogP contribution is -2.41. The number of carbonyl (C=O) groups excluding carboxylic acids is 1. The van der Waals surface area contributed by atoms with Crippen LogP contribution in [0.1, 0.15) is 35.2 Å². The Morgan fingerprint density at radius 2 is 1.84 bits per heavy atom. The van der Waals surface area contributed by atoms with Crippen LogP contribution < -0.4 is 4.74 Å². The number of pyridine rings is 1. The topological polar surface area (TPSA) is 85.2 Å². The normalized spacial score (nSPS) is 16.2. The van der Waals surface area contributed by atoms with Crippen molar-refractivity contribution < 1.29 is 9.53 Å². The Morgan fingerprint density at radius 1 is 0.946 bits per heavy atom. The molecule has 0 saturated carbocycles. The molecule has 6 rings (SSSR count). The summed E-state index contributed by atoms with van der Waals surface area (Å²) in [6.45, 7) is 4.98. The molecule has 1 amide bonds. The highest BCUT2D eigenvalue weighted by molar-refractivity contribution is 5.99. The van der Waals surface area contributed by atoms with Gasteiger partial charge in [0.25, 0.3) is 5.91 Å². The van der Waals surface area contributed by atoms with Crippen molar-refractivity contribution in [2.75, 3.05) is 39.3 Å². The Bertz CT molecular complexity index is 1500. The van der Waals surface area contributed by atoms with E-state index in [4.69, 9.17) is 4.74 Å². The van der Waals surface area contributed by atoms with Gasteiger partial charge < -0.3 is 19.5 Å². The van der Waals surface area contributed by atoms with Gasteiger partial charge in [0.15, 0.2) is 0 Å². The lowest BCUT2D eigenvalue weighted by molar-refractivity contribution is 0.0728. The molecule has 37 heavy (non-hydrogen) atoms. The van der Waals surface area contributed by atoms with Gasteiger partial charge in [-0.05, 0) is 67.4 Å². The van der Waals surface area contributed by atoms with Crippen molar-refractivity contribution in [1.29, 1.82) is 5.26 Å². The van der Waals surface area contributed by atoms with Crippen LogP contribution in [-0.4, -0.2) is 65.0 Å². The first-order valence-electron chi connectivity index (χ1n) is 13.0. The Labute approximate surface area is 216 Å². The number of amides is 1. The second-order valence-electron chi connectivity index (χ2n) is 9.77. The van der Waals surface area contributed by atoms with Crippen molar-refractivity contribution in [2.45, 2.75) is 19.3 Å². The number of aromatic nitrogens is 2. The van der Waals surface area contributed by atoms with Crippen molar-refractivity contribution >= 4 is 16.9 Å².